The largest absolute Gasteiger partial charge is 0.464 e. The third-order valence-corrected chi connectivity index (χ3v) is 5.69. The summed E-state index contributed by atoms with van der Waals surface area (Å²) in [4.78, 5) is 30.4. The van der Waals surface area contributed by atoms with Crippen LogP contribution in [0.15, 0.2) is 0 Å². The van der Waals surface area contributed by atoms with E-state index >= 15 is 0 Å². The molecule has 0 aliphatic carbocycles. The summed E-state index contributed by atoms with van der Waals surface area (Å²) in [5, 5.41) is 0. The Morgan fingerprint density at radius 2 is 1.83 bits per heavy atom. The molecule has 0 saturated carbocycles. The molecule has 0 spiro atoms. The average Bonchev–Trinajstić information content (AvgIpc) is 2.67. The van der Waals surface area contributed by atoms with Gasteiger partial charge in [0.05, 0.1) is 6.42 Å². The van der Waals surface area contributed by atoms with Crippen molar-refractivity contribution in [1.29, 1.82) is 0 Å². The minimum Gasteiger partial charge on any atom is -0.464 e. The first-order valence-corrected chi connectivity index (χ1v) is 12.3. The van der Waals surface area contributed by atoms with Crippen molar-refractivity contribution < 1.29 is 19.1 Å². The van der Waals surface area contributed by atoms with Crippen molar-refractivity contribution >= 4 is 37.2 Å². The molecule has 1 heterocycles. The Hall–Kier alpha value is -0.480. The van der Waals surface area contributed by atoms with Crippen LogP contribution in [0.4, 0.5) is 0 Å². The highest BCUT2D eigenvalue weighted by atomic mass is 32.1. The van der Waals surface area contributed by atoms with Crippen LogP contribution in [-0.4, -0.2) is 111 Å². The number of esters is 2. The highest BCUT2D eigenvalue weighted by Crippen LogP contribution is 2.18. The predicted octanol–water partition coefficient (Wildman–Crippen LogP) is 1.82. The van der Waals surface area contributed by atoms with Crippen LogP contribution < -0.4 is 0 Å². The van der Waals surface area contributed by atoms with E-state index in [9.17, 15) is 9.59 Å². The van der Waals surface area contributed by atoms with E-state index in [-0.39, 0.29) is 18.0 Å². The van der Waals surface area contributed by atoms with Gasteiger partial charge in [0.2, 0.25) is 0 Å². The summed E-state index contributed by atoms with van der Waals surface area (Å²) in [6, 6.07) is 0.424. The van der Waals surface area contributed by atoms with Gasteiger partial charge < -0.3 is 19.3 Å². The van der Waals surface area contributed by atoms with Gasteiger partial charge in [0, 0.05) is 44.4 Å². The number of ether oxygens (including phenoxy) is 2. The normalized spacial score (nSPS) is 18.6. The predicted molar refractivity (Wildman–Crippen MR) is 128 cm³/mol. The van der Waals surface area contributed by atoms with Crippen LogP contribution >= 0.6 is 25.3 Å². The molecule has 176 valence electrons. The lowest BCUT2D eigenvalue weighted by Crippen LogP contribution is -2.49. The Morgan fingerprint density at radius 3 is 2.50 bits per heavy atom. The van der Waals surface area contributed by atoms with Crippen molar-refractivity contribution in [3.63, 3.8) is 0 Å². The summed E-state index contributed by atoms with van der Waals surface area (Å²) in [6.45, 7) is 4.53. The zero-order valence-corrected chi connectivity index (χ0v) is 20.7. The number of hydrogen-bond acceptors (Lipinski definition) is 9. The van der Waals surface area contributed by atoms with Gasteiger partial charge in [-0.05, 0) is 52.7 Å². The number of hydrogen-bond donors (Lipinski definition) is 2. The van der Waals surface area contributed by atoms with Gasteiger partial charge >= 0.3 is 11.9 Å². The fourth-order valence-electron chi connectivity index (χ4n) is 3.79. The van der Waals surface area contributed by atoms with Gasteiger partial charge in [-0.3, -0.25) is 14.5 Å². The number of nitrogens with zero attached hydrogens (tertiary/aromatic N) is 3. The van der Waals surface area contributed by atoms with Crippen molar-refractivity contribution in [2.45, 2.75) is 50.7 Å². The minimum atomic E-state index is -0.190. The number of carbonyl (C=O) groups is 2. The summed E-state index contributed by atoms with van der Waals surface area (Å²) < 4.78 is 11.0. The molecule has 2 atom stereocenters. The molecular formula is C21H41N3O4S2. The Balaban J connectivity index is 2.50. The van der Waals surface area contributed by atoms with E-state index in [1.54, 1.807) is 0 Å². The maximum absolute atomic E-state index is 11.9. The molecule has 1 rings (SSSR count). The standard InChI is InChI=1S/C21H41N3O4S2/c1-22(2)16-19(28-21(26)9-14-30)17-23(3)15-18-7-4-5-10-24(18)11-12-27-20(25)8-6-13-29/h18-19,29-30H,4-17H2,1-3H3. The zero-order valence-electron chi connectivity index (χ0n) is 18.9. The molecule has 2 unspecified atom stereocenters. The molecule has 0 aromatic heterocycles. The molecule has 1 aliphatic rings. The van der Waals surface area contributed by atoms with Crippen LogP contribution in [0.1, 0.15) is 38.5 Å². The van der Waals surface area contributed by atoms with E-state index in [0.29, 0.717) is 50.1 Å². The van der Waals surface area contributed by atoms with Crippen LogP contribution in [0.25, 0.3) is 0 Å². The SMILES string of the molecule is CN(C)CC(CN(C)CC1CCCCN1CCOC(=O)CCCS)OC(=O)CCS. The smallest absolute Gasteiger partial charge is 0.306 e. The fraction of sp³-hybridized carbons (Fsp3) is 0.905. The second-order valence-electron chi connectivity index (χ2n) is 8.30. The molecule has 0 bridgehead atoms. The molecule has 9 heteroatoms. The molecule has 0 radical (unpaired) electrons. The van der Waals surface area contributed by atoms with Gasteiger partial charge in [-0.1, -0.05) is 6.42 Å². The second kappa shape index (κ2) is 16.2. The summed E-state index contributed by atoms with van der Waals surface area (Å²) in [5.41, 5.74) is 0. The van der Waals surface area contributed by atoms with Gasteiger partial charge in [-0.2, -0.15) is 25.3 Å². The van der Waals surface area contributed by atoms with E-state index < -0.39 is 0 Å². The third-order valence-electron chi connectivity index (χ3n) is 5.15. The van der Waals surface area contributed by atoms with Crippen molar-refractivity contribution in [3.8, 4) is 0 Å². The summed E-state index contributed by atoms with van der Waals surface area (Å²) in [6.07, 6.45) is 4.89. The number of likely N-dealkylation sites (tertiary alicyclic amines) is 1. The first-order chi connectivity index (χ1) is 14.3. The summed E-state index contributed by atoms with van der Waals surface area (Å²) in [5.74, 6) is 0.877. The first-order valence-electron chi connectivity index (χ1n) is 11.0. The molecule has 1 fully saturated rings. The Bertz CT molecular complexity index is 497. The minimum absolute atomic E-state index is 0.135. The van der Waals surface area contributed by atoms with Crippen LogP contribution in [-0.2, 0) is 19.1 Å². The molecular weight excluding hydrogens is 422 g/mol. The maximum atomic E-state index is 11.9. The van der Waals surface area contributed by atoms with E-state index in [0.717, 1.165) is 32.5 Å². The van der Waals surface area contributed by atoms with Gasteiger partial charge in [0.15, 0.2) is 0 Å². The number of carbonyl (C=O) groups excluding carboxylic acids is 2. The summed E-state index contributed by atoms with van der Waals surface area (Å²) in [7, 11) is 6.05. The summed E-state index contributed by atoms with van der Waals surface area (Å²) >= 11 is 8.24. The van der Waals surface area contributed by atoms with Crippen LogP contribution in [0.2, 0.25) is 0 Å². The molecule has 0 aromatic carbocycles. The molecule has 30 heavy (non-hydrogen) atoms. The molecule has 0 amide bonds. The van der Waals surface area contributed by atoms with Crippen LogP contribution in [0.5, 0.6) is 0 Å². The van der Waals surface area contributed by atoms with Crippen molar-refractivity contribution in [3.05, 3.63) is 0 Å². The molecule has 7 nitrogen and oxygen atoms in total. The lowest BCUT2D eigenvalue weighted by Gasteiger charge is -2.38. The number of piperidine rings is 1. The van der Waals surface area contributed by atoms with E-state index in [1.165, 1.54) is 12.8 Å². The van der Waals surface area contributed by atoms with E-state index in [2.05, 4.69) is 42.1 Å². The average molecular weight is 464 g/mol. The lowest BCUT2D eigenvalue weighted by molar-refractivity contribution is -0.150. The number of thiol groups is 2. The molecule has 0 aromatic rings. The second-order valence-corrected chi connectivity index (χ2v) is 9.20. The number of rotatable bonds is 15. The molecule has 0 N–H and O–H groups in total. The van der Waals surface area contributed by atoms with Crippen LogP contribution in [0.3, 0.4) is 0 Å². The van der Waals surface area contributed by atoms with Crippen LogP contribution in [0, 0.1) is 0 Å². The van der Waals surface area contributed by atoms with E-state index in [1.807, 2.05) is 19.0 Å². The third kappa shape index (κ3) is 12.4. The van der Waals surface area contributed by atoms with Gasteiger partial charge in [0.1, 0.15) is 12.7 Å². The van der Waals surface area contributed by atoms with E-state index in [4.69, 9.17) is 9.47 Å². The Kier molecular flexibility index (Phi) is 14.9. The molecule has 1 aliphatic heterocycles. The highest BCUT2D eigenvalue weighted by molar-refractivity contribution is 7.80. The van der Waals surface area contributed by atoms with Gasteiger partial charge in [0.25, 0.3) is 0 Å². The van der Waals surface area contributed by atoms with Gasteiger partial charge in [-0.15, -0.1) is 0 Å². The highest BCUT2D eigenvalue weighted by Gasteiger charge is 2.25. The maximum Gasteiger partial charge on any atom is 0.306 e. The van der Waals surface area contributed by atoms with Gasteiger partial charge in [-0.25, -0.2) is 0 Å². The first kappa shape index (κ1) is 27.6. The number of likely N-dealkylation sites (N-methyl/N-ethyl adjacent to an activating group) is 2. The Labute approximate surface area is 193 Å². The Morgan fingerprint density at radius 1 is 1.07 bits per heavy atom. The van der Waals surface area contributed by atoms with Crippen molar-refractivity contribution in [2.24, 2.45) is 0 Å². The topological polar surface area (TPSA) is 62.3 Å². The molecule has 1 saturated heterocycles. The quantitative estimate of drug-likeness (QED) is 0.284. The van der Waals surface area contributed by atoms with Crippen molar-refractivity contribution in [2.75, 3.05) is 72.0 Å². The lowest BCUT2D eigenvalue weighted by atomic mass is 10.0. The fourth-order valence-corrected chi connectivity index (χ4v) is 4.13. The van der Waals surface area contributed by atoms with Crippen molar-refractivity contribution in [1.82, 2.24) is 14.7 Å². The zero-order chi connectivity index (χ0) is 22.4. The monoisotopic (exact) mass is 463 g/mol.